The summed E-state index contributed by atoms with van der Waals surface area (Å²) >= 11 is 0. The Bertz CT molecular complexity index is 395. The molecule has 0 spiro atoms. The Morgan fingerprint density at radius 3 is 2.80 bits per heavy atom. The topological polar surface area (TPSA) is 75.4 Å². The van der Waals surface area contributed by atoms with E-state index in [1.54, 1.807) is 4.90 Å². The highest BCUT2D eigenvalue weighted by Gasteiger charge is 2.43. The Hall–Kier alpha value is -1.10. The van der Waals surface area contributed by atoms with Gasteiger partial charge in [0.2, 0.25) is 11.8 Å². The van der Waals surface area contributed by atoms with Crippen LogP contribution in [0.5, 0.6) is 0 Å². The third-order valence-corrected chi connectivity index (χ3v) is 4.97. The Morgan fingerprint density at radius 2 is 2.15 bits per heavy atom. The maximum absolute atomic E-state index is 12.8. The fourth-order valence-corrected chi connectivity index (χ4v) is 3.45. The minimum absolute atomic E-state index is 0.0495. The Kier molecular flexibility index (Phi) is 4.37. The molecule has 1 aliphatic carbocycles. The first-order chi connectivity index (χ1) is 9.34. The fraction of sp³-hybridized carbons (Fsp3) is 0.867. The molecule has 0 bridgehead atoms. The van der Waals surface area contributed by atoms with Crippen LogP contribution in [0.1, 0.15) is 46.5 Å². The number of piperazine rings is 1. The third kappa shape index (κ3) is 2.82. The largest absolute Gasteiger partial charge is 0.352 e. The van der Waals surface area contributed by atoms with E-state index in [0.717, 1.165) is 25.7 Å². The lowest BCUT2D eigenvalue weighted by Gasteiger charge is -2.43. The molecule has 3 atom stereocenters. The predicted molar refractivity (Wildman–Crippen MR) is 77.9 cm³/mol. The van der Waals surface area contributed by atoms with Crippen molar-refractivity contribution in [3.63, 3.8) is 0 Å². The average molecular weight is 281 g/mol. The zero-order valence-corrected chi connectivity index (χ0v) is 12.8. The zero-order chi connectivity index (χ0) is 14.9. The molecule has 2 rings (SSSR count). The van der Waals surface area contributed by atoms with E-state index in [-0.39, 0.29) is 23.8 Å². The molecule has 5 heteroatoms. The summed E-state index contributed by atoms with van der Waals surface area (Å²) in [6, 6.07) is 0.224. The van der Waals surface area contributed by atoms with Crippen molar-refractivity contribution in [3.05, 3.63) is 0 Å². The van der Waals surface area contributed by atoms with Gasteiger partial charge in [0.15, 0.2) is 0 Å². The van der Waals surface area contributed by atoms with Gasteiger partial charge in [0.1, 0.15) is 5.54 Å². The fourth-order valence-electron chi connectivity index (χ4n) is 3.45. The van der Waals surface area contributed by atoms with Crippen LogP contribution in [0, 0.1) is 11.8 Å². The SMILES string of the molecule is CC(C(=O)N1CCNC(=O)C1(C)C)C1CCCC(N)C1. The first-order valence-corrected chi connectivity index (χ1v) is 7.69. The maximum atomic E-state index is 12.8. The highest BCUT2D eigenvalue weighted by Crippen LogP contribution is 2.32. The molecule has 5 nitrogen and oxygen atoms in total. The summed E-state index contributed by atoms with van der Waals surface area (Å²) < 4.78 is 0. The molecule has 1 saturated heterocycles. The van der Waals surface area contributed by atoms with Gasteiger partial charge in [-0.05, 0) is 39.0 Å². The number of amides is 2. The van der Waals surface area contributed by atoms with Gasteiger partial charge in [0, 0.05) is 25.0 Å². The summed E-state index contributed by atoms with van der Waals surface area (Å²) in [6.07, 6.45) is 4.16. The summed E-state index contributed by atoms with van der Waals surface area (Å²) in [6.45, 7) is 6.77. The number of carbonyl (C=O) groups excluding carboxylic acids is 2. The van der Waals surface area contributed by atoms with Gasteiger partial charge < -0.3 is 16.0 Å². The minimum Gasteiger partial charge on any atom is -0.352 e. The molecule has 3 N–H and O–H groups in total. The molecule has 20 heavy (non-hydrogen) atoms. The number of nitrogens with zero attached hydrogens (tertiary/aromatic N) is 1. The van der Waals surface area contributed by atoms with E-state index in [2.05, 4.69) is 5.32 Å². The van der Waals surface area contributed by atoms with E-state index in [1.807, 2.05) is 20.8 Å². The maximum Gasteiger partial charge on any atom is 0.245 e. The molecule has 1 heterocycles. The first-order valence-electron chi connectivity index (χ1n) is 7.69. The van der Waals surface area contributed by atoms with Crippen molar-refractivity contribution < 1.29 is 9.59 Å². The van der Waals surface area contributed by atoms with Gasteiger partial charge in [-0.2, -0.15) is 0 Å². The van der Waals surface area contributed by atoms with Crippen LogP contribution in [0.2, 0.25) is 0 Å². The second-order valence-corrected chi connectivity index (χ2v) is 6.78. The van der Waals surface area contributed by atoms with Gasteiger partial charge in [-0.1, -0.05) is 13.3 Å². The van der Waals surface area contributed by atoms with Crippen LogP contribution >= 0.6 is 0 Å². The number of hydrogen-bond donors (Lipinski definition) is 2. The lowest BCUT2D eigenvalue weighted by Crippen LogP contribution is -2.64. The van der Waals surface area contributed by atoms with E-state index in [9.17, 15) is 9.59 Å². The smallest absolute Gasteiger partial charge is 0.245 e. The second-order valence-electron chi connectivity index (χ2n) is 6.78. The summed E-state index contributed by atoms with van der Waals surface area (Å²) in [7, 11) is 0. The molecular formula is C15H27N3O2. The second kappa shape index (κ2) is 5.72. The van der Waals surface area contributed by atoms with Crippen LogP contribution in [0.3, 0.4) is 0 Å². The van der Waals surface area contributed by atoms with Crippen LogP contribution < -0.4 is 11.1 Å². The van der Waals surface area contributed by atoms with E-state index >= 15 is 0 Å². The molecule has 0 aromatic rings. The molecule has 1 aliphatic heterocycles. The lowest BCUT2D eigenvalue weighted by atomic mass is 9.77. The molecule has 2 fully saturated rings. The molecule has 1 saturated carbocycles. The van der Waals surface area contributed by atoms with E-state index < -0.39 is 5.54 Å². The highest BCUT2D eigenvalue weighted by atomic mass is 16.2. The molecule has 2 amide bonds. The summed E-state index contributed by atoms with van der Waals surface area (Å²) in [4.78, 5) is 26.5. The number of hydrogen-bond acceptors (Lipinski definition) is 3. The molecule has 0 radical (unpaired) electrons. The van der Waals surface area contributed by atoms with Crippen LogP contribution in [0.15, 0.2) is 0 Å². The molecule has 0 aromatic heterocycles. The minimum atomic E-state index is -0.750. The summed E-state index contributed by atoms with van der Waals surface area (Å²) in [5.74, 6) is 0.340. The van der Waals surface area contributed by atoms with E-state index in [4.69, 9.17) is 5.73 Å². The monoisotopic (exact) mass is 281 g/mol. The Balaban J connectivity index is 2.07. The van der Waals surface area contributed by atoms with Crippen LogP contribution in [0.25, 0.3) is 0 Å². The standard InChI is InChI=1S/C15H27N3O2/c1-10(11-5-4-6-12(16)9-11)13(19)18-8-7-17-14(20)15(18,2)3/h10-12H,4-9,16H2,1-3H3,(H,17,20). The van der Waals surface area contributed by atoms with Gasteiger partial charge in [0.05, 0.1) is 0 Å². The molecule has 2 aliphatic rings. The lowest BCUT2D eigenvalue weighted by molar-refractivity contribution is -0.153. The summed E-state index contributed by atoms with van der Waals surface area (Å²) in [5, 5.41) is 2.83. The first kappa shape index (κ1) is 15.3. The van der Waals surface area contributed by atoms with Crippen molar-refractivity contribution in [1.82, 2.24) is 10.2 Å². The van der Waals surface area contributed by atoms with Crippen LogP contribution in [-0.2, 0) is 9.59 Å². The normalized spacial score (nSPS) is 31.6. The van der Waals surface area contributed by atoms with Gasteiger partial charge in [0.25, 0.3) is 0 Å². The van der Waals surface area contributed by atoms with Gasteiger partial charge in [-0.25, -0.2) is 0 Å². The van der Waals surface area contributed by atoms with Crippen LogP contribution in [0.4, 0.5) is 0 Å². The van der Waals surface area contributed by atoms with Gasteiger partial charge in [-0.3, -0.25) is 9.59 Å². The predicted octanol–water partition coefficient (Wildman–Crippen LogP) is 0.877. The highest BCUT2D eigenvalue weighted by molar-refractivity contribution is 5.92. The molecule has 3 unspecified atom stereocenters. The zero-order valence-electron chi connectivity index (χ0n) is 12.8. The third-order valence-electron chi connectivity index (χ3n) is 4.97. The van der Waals surface area contributed by atoms with Crippen molar-refractivity contribution in [2.75, 3.05) is 13.1 Å². The Labute approximate surface area is 121 Å². The van der Waals surface area contributed by atoms with E-state index in [0.29, 0.717) is 19.0 Å². The number of rotatable bonds is 2. The number of carbonyl (C=O) groups is 2. The van der Waals surface area contributed by atoms with Gasteiger partial charge in [-0.15, -0.1) is 0 Å². The average Bonchev–Trinajstić information content (AvgIpc) is 2.40. The van der Waals surface area contributed by atoms with Crippen molar-refractivity contribution >= 4 is 11.8 Å². The van der Waals surface area contributed by atoms with Crippen molar-refractivity contribution in [3.8, 4) is 0 Å². The van der Waals surface area contributed by atoms with E-state index in [1.165, 1.54) is 0 Å². The molecule has 114 valence electrons. The van der Waals surface area contributed by atoms with Crippen molar-refractivity contribution in [1.29, 1.82) is 0 Å². The van der Waals surface area contributed by atoms with Crippen molar-refractivity contribution in [2.45, 2.75) is 58.0 Å². The van der Waals surface area contributed by atoms with Crippen molar-refractivity contribution in [2.24, 2.45) is 17.6 Å². The molecular weight excluding hydrogens is 254 g/mol. The number of nitrogens with two attached hydrogens (primary N) is 1. The molecule has 0 aromatic carbocycles. The van der Waals surface area contributed by atoms with Gasteiger partial charge >= 0.3 is 0 Å². The Morgan fingerprint density at radius 1 is 1.45 bits per heavy atom. The number of nitrogens with one attached hydrogen (secondary N) is 1. The quantitative estimate of drug-likeness (QED) is 0.789. The van der Waals surface area contributed by atoms with Crippen LogP contribution in [-0.4, -0.2) is 41.4 Å². The summed E-state index contributed by atoms with van der Waals surface area (Å²) in [5.41, 5.74) is 5.28.